The molecule has 0 fully saturated rings. The minimum atomic E-state index is -0.307. The Morgan fingerprint density at radius 3 is 2.70 bits per heavy atom. The second-order valence-electron chi connectivity index (χ2n) is 5.84. The van der Waals surface area contributed by atoms with E-state index >= 15 is 0 Å². The molecule has 0 saturated heterocycles. The van der Waals surface area contributed by atoms with Crippen molar-refractivity contribution < 1.29 is 13.9 Å². The number of benzene rings is 1. The first-order valence-corrected chi connectivity index (χ1v) is 9.54. The molecular weight excluding hydrogens is 364 g/mol. The number of aromatic nitrogens is 3. The van der Waals surface area contributed by atoms with E-state index < -0.39 is 0 Å². The van der Waals surface area contributed by atoms with E-state index in [0.717, 1.165) is 22.9 Å². The van der Waals surface area contributed by atoms with Gasteiger partial charge in [0, 0.05) is 12.1 Å². The third-order valence-corrected chi connectivity index (χ3v) is 5.13. The Hall–Kier alpha value is -2.74. The summed E-state index contributed by atoms with van der Waals surface area (Å²) in [4.78, 5) is 12.3. The fraction of sp³-hybridized carbons (Fsp3) is 0.316. The summed E-state index contributed by atoms with van der Waals surface area (Å²) in [5.74, 6) is 2.20. The molecule has 3 rings (SSSR count). The van der Waals surface area contributed by atoms with E-state index in [4.69, 9.17) is 9.15 Å². The molecular formula is C19H22N4O3S. The minimum absolute atomic E-state index is 0.0759. The monoisotopic (exact) mass is 386 g/mol. The Kier molecular flexibility index (Phi) is 6.18. The van der Waals surface area contributed by atoms with Gasteiger partial charge in [-0.15, -0.1) is 10.2 Å². The molecule has 1 amide bonds. The van der Waals surface area contributed by atoms with Gasteiger partial charge in [-0.05, 0) is 50.2 Å². The van der Waals surface area contributed by atoms with Gasteiger partial charge in [0.1, 0.15) is 11.5 Å². The van der Waals surface area contributed by atoms with E-state index in [1.165, 1.54) is 11.8 Å². The first kappa shape index (κ1) is 19.0. The highest BCUT2D eigenvalue weighted by Crippen LogP contribution is 2.27. The normalized spacial score (nSPS) is 12.0. The molecule has 1 unspecified atom stereocenters. The zero-order valence-corrected chi connectivity index (χ0v) is 16.3. The van der Waals surface area contributed by atoms with Gasteiger partial charge >= 0.3 is 0 Å². The SMILES string of the molecule is CCn1c(SC(C)C(=O)NCc2ccco2)nnc1-c1ccc(OC)cc1. The van der Waals surface area contributed by atoms with Crippen LogP contribution in [0.25, 0.3) is 11.4 Å². The molecule has 2 heterocycles. The molecule has 0 aliphatic carbocycles. The van der Waals surface area contributed by atoms with Crippen molar-refractivity contribution in [1.82, 2.24) is 20.1 Å². The molecule has 1 aromatic carbocycles. The zero-order valence-electron chi connectivity index (χ0n) is 15.5. The standard InChI is InChI=1S/C19H22N4O3S/c1-4-23-17(14-7-9-15(25-3)10-8-14)21-22-19(23)27-13(2)18(24)20-12-16-6-5-11-26-16/h5-11,13H,4,12H2,1-3H3,(H,20,24). The van der Waals surface area contributed by atoms with E-state index in [9.17, 15) is 4.79 Å². The quantitative estimate of drug-likeness (QED) is 0.598. The molecule has 0 aliphatic rings. The molecule has 8 heteroatoms. The van der Waals surface area contributed by atoms with Crippen molar-refractivity contribution in [3.8, 4) is 17.1 Å². The highest BCUT2D eigenvalue weighted by molar-refractivity contribution is 8.00. The zero-order chi connectivity index (χ0) is 19.2. The number of nitrogens with zero attached hydrogens (tertiary/aromatic N) is 3. The average molecular weight is 386 g/mol. The van der Waals surface area contributed by atoms with E-state index in [1.54, 1.807) is 19.4 Å². The van der Waals surface area contributed by atoms with Gasteiger partial charge < -0.3 is 19.0 Å². The summed E-state index contributed by atoms with van der Waals surface area (Å²) >= 11 is 1.39. The third-order valence-electron chi connectivity index (χ3n) is 4.05. The van der Waals surface area contributed by atoms with Crippen LogP contribution < -0.4 is 10.1 Å². The molecule has 0 saturated carbocycles. The van der Waals surface area contributed by atoms with E-state index in [1.807, 2.05) is 48.7 Å². The number of amides is 1. The van der Waals surface area contributed by atoms with E-state index in [2.05, 4.69) is 15.5 Å². The Labute approximate surface area is 162 Å². The maximum absolute atomic E-state index is 12.3. The van der Waals surface area contributed by atoms with Crippen LogP contribution >= 0.6 is 11.8 Å². The summed E-state index contributed by atoms with van der Waals surface area (Å²) in [7, 11) is 1.64. The smallest absolute Gasteiger partial charge is 0.233 e. The molecule has 2 aromatic heterocycles. The van der Waals surface area contributed by atoms with Crippen molar-refractivity contribution in [3.05, 3.63) is 48.4 Å². The number of nitrogens with one attached hydrogen (secondary N) is 1. The van der Waals surface area contributed by atoms with Gasteiger partial charge in [0.25, 0.3) is 0 Å². The largest absolute Gasteiger partial charge is 0.497 e. The van der Waals surface area contributed by atoms with Crippen molar-refractivity contribution in [2.75, 3.05) is 7.11 Å². The summed E-state index contributed by atoms with van der Waals surface area (Å²) < 4.78 is 12.4. The highest BCUT2D eigenvalue weighted by atomic mass is 32.2. The average Bonchev–Trinajstić information content (AvgIpc) is 3.35. The van der Waals surface area contributed by atoms with Crippen LogP contribution in [-0.2, 0) is 17.9 Å². The highest BCUT2D eigenvalue weighted by Gasteiger charge is 2.20. The van der Waals surface area contributed by atoms with Gasteiger partial charge in [0.15, 0.2) is 11.0 Å². The van der Waals surface area contributed by atoms with Crippen molar-refractivity contribution in [3.63, 3.8) is 0 Å². The minimum Gasteiger partial charge on any atom is -0.497 e. The lowest BCUT2D eigenvalue weighted by Crippen LogP contribution is -2.30. The molecule has 1 N–H and O–H groups in total. The fourth-order valence-electron chi connectivity index (χ4n) is 2.56. The first-order valence-electron chi connectivity index (χ1n) is 8.66. The maximum atomic E-state index is 12.3. The molecule has 7 nitrogen and oxygen atoms in total. The van der Waals surface area contributed by atoms with Gasteiger partial charge in [-0.1, -0.05) is 11.8 Å². The number of carbonyl (C=O) groups excluding carboxylic acids is 1. The van der Waals surface area contributed by atoms with Crippen LogP contribution in [0.3, 0.4) is 0 Å². The van der Waals surface area contributed by atoms with Crippen molar-refractivity contribution in [2.24, 2.45) is 0 Å². The van der Waals surface area contributed by atoms with Gasteiger partial charge in [-0.3, -0.25) is 4.79 Å². The van der Waals surface area contributed by atoms with Gasteiger partial charge in [0.2, 0.25) is 5.91 Å². The fourth-order valence-corrected chi connectivity index (χ4v) is 3.49. The maximum Gasteiger partial charge on any atom is 0.233 e. The number of hydrogen-bond acceptors (Lipinski definition) is 6. The number of furan rings is 1. The lowest BCUT2D eigenvalue weighted by molar-refractivity contribution is -0.120. The number of ether oxygens (including phenoxy) is 1. The predicted molar refractivity (Wildman–Crippen MR) is 104 cm³/mol. The molecule has 0 radical (unpaired) electrons. The molecule has 0 aliphatic heterocycles. The van der Waals surface area contributed by atoms with Crippen molar-refractivity contribution in [1.29, 1.82) is 0 Å². The summed E-state index contributed by atoms with van der Waals surface area (Å²) in [6.07, 6.45) is 1.59. The Morgan fingerprint density at radius 2 is 2.07 bits per heavy atom. The second kappa shape index (κ2) is 8.77. The Balaban J connectivity index is 1.69. The third kappa shape index (κ3) is 4.51. The molecule has 142 valence electrons. The first-order chi connectivity index (χ1) is 13.1. The van der Waals surface area contributed by atoms with Gasteiger partial charge in [0.05, 0.1) is 25.2 Å². The van der Waals surface area contributed by atoms with Crippen LogP contribution in [0.2, 0.25) is 0 Å². The summed E-state index contributed by atoms with van der Waals surface area (Å²) in [6, 6.07) is 11.3. The van der Waals surface area contributed by atoms with Crippen LogP contribution in [0, 0.1) is 0 Å². The molecule has 3 aromatic rings. The molecule has 1 atom stereocenters. The summed E-state index contributed by atoms with van der Waals surface area (Å²) in [6.45, 7) is 4.96. The van der Waals surface area contributed by atoms with Gasteiger partial charge in [-0.2, -0.15) is 0 Å². The van der Waals surface area contributed by atoms with Crippen LogP contribution in [0.4, 0.5) is 0 Å². The summed E-state index contributed by atoms with van der Waals surface area (Å²) in [5, 5.41) is 11.9. The number of carbonyl (C=O) groups is 1. The van der Waals surface area contributed by atoms with Crippen LogP contribution in [0.1, 0.15) is 19.6 Å². The molecule has 27 heavy (non-hydrogen) atoms. The van der Waals surface area contributed by atoms with Crippen LogP contribution in [0.15, 0.2) is 52.2 Å². The molecule has 0 bridgehead atoms. The number of hydrogen-bond donors (Lipinski definition) is 1. The topological polar surface area (TPSA) is 82.2 Å². The van der Waals surface area contributed by atoms with Crippen molar-refractivity contribution >= 4 is 17.7 Å². The Morgan fingerprint density at radius 1 is 1.30 bits per heavy atom. The van der Waals surface area contributed by atoms with Crippen LogP contribution in [0.5, 0.6) is 5.75 Å². The lowest BCUT2D eigenvalue weighted by atomic mass is 10.2. The van der Waals surface area contributed by atoms with E-state index in [0.29, 0.717) is 18.2 Å². The summed E-state index contributed by atoms with van der Waals surface area (Å²) in [5.41, 5.74) is 0.951. The number of methoxy groups -OCH3 is 1. The van der Waals surface area contributed by atoms with E-state index in [-0.39, 0.29) is 11.2 Å². The number of rotatable bonds is 8. The van der Waals surface area contributed by atoms with Crippen molar-refractivity contribution in [2.45, 2.75) is 37.3 Å². The predicted octanol–water partition coefficient (Wildman–Crippen LogP) is 3.36. The second-order valence-corrected chi connectivity index (χ2v) is 7.14. The molecule has 0 spiro atoms. The van der Waals surface area contributed by atoms with Crippen LogP contribution in [-0.4, -0.2) is 33.0 Å². The Bertz CT molecular complexity index is 875. The van der Waals surface area contributed by atoms with Gasteiger partial charge in [-0.25, -0.2) is 0 Å². The number of thioether (sulfide) groups is 1. The lowest BCUT2D eigenvalue weighted by Gasteiger charge is -2.12.